The van der Waals surface area contributed by atoms with E-state index in [2.05, 4.69) is 20.8 Å². The molecular weight excluding hydrogens is 448 g/mol. The minimum Gasteiger partial charge on any atom is -0.492 e. The molecule has 0 saturated heterocycles. The van der Waals surface area contributed by atoms with Crippen LogP contribution in [0.3, 0.4) is 0 Å². The Bertz CT molecular complexity index is 1080. The number of benzene rings is 2. The van der Waals surface area contributed by atoms with Crippen LogP contribution in [0, 0.1) is 0 Å². The van der Waals surface area contributed by atoms with Gasteiger partial charge in [0.2, 0.25) is 11.0 Å². The summed E-state index contributed by atoms with van der Waals surface area (Å²) in [4.78, 5) is 12.4. The molecule has 2 aromatic carbocycles. The largest absolute Gasteiger partial charge is 0.492 e. The molecule has 1 atom stereocenters. The molecule has 0 aliphatic carbocycles. The minimum absolute atomic E-state index is 0.0798. The zero-order valence-electron chi connectivity index (χ0n) is 17.8. The number of carbonyl (C=O) groups is 1. The van der Waals surface area contributed by atoms with Gasteiger partial charge in [0.25, 0.3) is 0 Å². The van der Waals surface area contributed by atoms with E-state index in [-0.39, 0.29) is 17.7 Å². The van der Waals surface area contributed by atoms with E-state index in [9.17, 15) is 4.79 Å². The molecule has 1 aliphatic heterocycles. The molecule has 1 aliphatic rings. The number of carbonyl (C=O) groups excluding carboxylic acids is 1. The number of para-hydroxylation sites is 2. The van der Waals surface area contributed by atoms with Gasteiger partial charge in [-0.25, -0.2) is 0 Å². The van der Waals surface area contributed by atoms with Crippen LogP contribution >= 0.6 is 23.1 Å². The van der Waals surface area contributed by atoms with Crippen LogP contribution in [0.4, 0.5) is 10.8 Å². The van der Waals surface area contributed by atoms with Crippen molar-refractivity contribution in [3.63, 3.8) is 0 Å². The predicted molar refractivity (Wildman–Crippen MR) is 126 cm³/mol. The number of aromatic nitrogens is 2. The van der Waals surface area contributed by atoms with Crippen LogP contribution in [0.2, 0.25) is 0 Å². The first-order valence-electron chi connectivity index (χ1n) is 10.3. The third-order valence-electron chi connectivity index (χ3n) is 4.61. The van der Waals surface area contributed by atoms with Gasteiger partial charge >= 0.3 is 0 Å². The first kappa shape index (κ1) is 22.2. The van der Waals surface area contributed by atoms with Crippen molar-refractivity contribution in [1.29, 1.82) is 0 Å². The number of thioether (sulfide) groups is 1. The highest BCUT2D eigenvalue weighted by Crippen LogP contribution is 2.33. The van der Waals surface area contributed by atoms with E-state index in [1.807, 2.05) is 56.3 Å². The molecule has 0 radical (unpaired) electrons. The minimum atomic E-state index is -0.152. The number of hydrogen-bond acceptors (Lipinski definition) is 9. The van der Waals surface area contributed by atoms with Crippen LogP contribution in [0.1, 0.15) is 25.5 Å². The molecule has 32 heavy (non-hydrogen) atoms. The lowest BCUT2D eigenvalue weighted by molar-refractivity contribution is -0.119. The Labute approximate surface area is 194 Å². The first-order valence-corrected chi connectivity index (χ1v) is 12.1. The maximum absolute atomic E-state index is 12.4. The summed E-state index contributed by atoms with van der Waals surface area (Å²) in [6, 6.07) is 13.2. The van der Waals surface area contributed by atoms with Crippen LogP contribution in [-0.2, 0) is 4.79 Å². The summed E-state index contributed by atoms with van der Waals surface area (Å²) >= 11 is 2.74. The third-order valence-corrected chi connectivity index (χ3v) is 6.58. The van der Waals surface area contributed by atoms with E-state index in [1.165, 1.54) is 23.1 Å². The number of fused-ring (bicyclic) bond motifs is 1. The van der Waals surface area contributed by atoms with Crippen molar-refractivity contribution in [2.24, 2.45) is 0 Å². The van der Waals surface area contributed by atoms with Crippen LogP contribution in [0.5, 0.6) is 17.2 Å². The molecule has 10 heteroatoms. The number of nitrogens with zero attached hydrogens (tertiary/aromatic N) is 2. The lowest BCUT2D eigenvalue weighted by atomic mass is 10.1. The summed E-state index contributed by atoms with van der Waals surface area (Å²) in [6.07, 6.45) is 0. The number of amides is 1. The van der Waals surface area contributed by atoms with E-state index < -0.39 is 0 Å². The number of hydrogen-bond donors (Lipinski definition) is 2. The van der Waals surface area contributed by atoms with E-state index >= 15 is 0 Å². The van der Waals surface area contributed by atoms with Crippen molar-refractivity contribution < 1.29 is 19.0 Å². The van der Waals surface area contributed by atoms with E-state index in [4.69, 9.17) is 14.2 Å². The number of ether oxygens (including phenoxy) is 3. The van der Waals surface area contributed by atoms with Gasteiger partial charge in [-0.1, -0.05) is 41.3 Å². The fraction of sp³-hybridized carbons (Fsp3) is 0.318. The summed E-state index contributed by atoms with van der Waals surface area (Å²) in [5.74, 6) is 2.37. The van der Waals surface area contributed by atoms with E-state index in [0.717, 1.165) is 22.7 Å². The smallest absolute Gasteiger partial charge is 0.230 e. The maximum Gasteiger partial charge on any atom is 0.230 e. The summed E-state index contributed by atoms with van der Waals surface area (Å²) in [6.45, 7) is 5.55. The Morgan fingerprint density at radius 3 is 2.84 bits per heavy atom. The fourth-order valence-corrected chi connectivity index (χ4v) is 4.68. The number of nitrogens with one attached hydrogen (secondary N) is 2. The quantitative estimate of drug-likeness (QED) is 0.442. The molecule has 8 nitrogen and oxygen atoms in total. The second-order valence-corrected chi connectivity index (χ2v) is 9.11. The maximum atomic E-state index is 12.4. The summed E-state index contributed by atoms with van der Waals surface area (Å²) in [5, 5.41) is 15.2. The Balaban J connectivity index is 1.29. The molecule has 2 heterocycles. The molecule has 168 valence electrons. The lowest BCUT2D eigenvalue weighted by Crippen LogP contribution is -2.28. The molecule has 0 spiro atoms. The van der Waals surface area contributed by atoms with Crippen molar-refractivity contribution in [1.82, 2.24) is 15.5 Å². The average molecular weight is 473 g/mol. The molecule has 0 fully saturated rings. The van der Waals surface area contributed by atoms with Gasteiger partial charge in [0.15, 0.2) is 15.8 Å². The molecular formula is C22H24N4O4S2. The summed E-state index contributed by atoms with van der Waals surface area (Å²) < 4.78 is 17.5. The SMILES string of the molecule is CCOc1ccccc1Nc1nnc(SCC(=O)NC(C)c2ccc3c(c2)OCCO3)s1. The van der Waals surface area contributed by atoms with E-state index in [0.29, 0.717) is 35.0 Å². The number of rotatable bonds is 9. The normalized spacial score (nSPS) is 13.3. The van der Waals surface area contributed by atoms with Crippen molar-refractivity contribution in [2.45, 2.75) is 24.2 Å². The summed E-state index contributed by atoms with van der Waals surface area (Å²) in [5.41, 5.74) is 1.79. The van der Waals surface area contributed by atoms with Crippen LogP contribution < -0.4 is 24.8 Å². The van der Waals surface area contributed by atoms with Gasteiger partial charge in [0.1, 0.15) is 19.0 Å². The second kappa shape index (κ2) is 10.6. The Morgan fingerprint density at radius 1 is 1.19 bits per heavy atom. The average Bonchev–Trinajstić information content (AvgIpc) is 3.26. The molecule has 2 N–H and O–H groups in total. The third kappa shape index (κ3) is 5.63. The van der Waals surface area contributed by atoms with Crippen molar-refractivity contribution in [3.8, 4) is 17.2 Å². The highest BCUT2D eigenvalue weighted by molar-refractivity contribution is 8.01. The van der Waals surface area contributed by atoms with Gasteiger partial charge in [-0.2, -0.15) is 0 Å². The molecule has 1 aromatic heterocycles. The fourth-order valence-electron chi connectivity index (χ4n) is 3.11. The van der Waals surface area contributed by atoms with Gasteiger partial charge < -0.3 is 24.8 Å². The van der Waals surface area contributed by atoms with Gasteiger partial charge in [0.05, 0.1) is 24.1 Å². The van der Waals surface area contributed by atoms with Gasteiger partial charge in [-0.05, 0) is 43.7 Å². The second-order valence-electron chi connectivity index (χ2n) is 6.91. The zero-order valence-corrected chi connectivity index (χ0v) is 19.4. The van der Waals surface area contributed by atoms with Gasteiger partial charge in [-0.15, -0.1) is 10.2 Å². The van der Waals surface area contributed by atoms with Gasteiger partial charge in [-0.3, -0.25) is 4.79 Å². The molecule has 1 unspecified atom stereocenters. The van der Waals surface area contributed by atoms with Crippen molar-refractivity contribution >= 4 is 39.8 Å². The predicted octanol–water partition coefficient (Wildman–Crippen LogP) is 4.42. The standard InChI is InChI=1S/C22H24N4O4S2/c1-3-28-17-7-5-4-6-16(17)24-21-25-26-22(32-21)31-13-20(27)23-14(2)15-8-9-18-19(12-15)30-11-10-29-18/h4-9,12,14H,3,10-11,13H2,1-2H3,(H,23,27)(H,24,25). The topological polar surface area (TPSA) is 94.6 Å². The molecule has 1 amide bonds. The molecule has 3 aromatic rings. The van der Waals surface area contributed by atoms with Crippen LogP contribution in [0.15, 0.2) is 46.8 Å². The molecule has 0 bridgehead atoms. The number of anilines is 2. The Morgan fingerprint density at radius 2 is 2.00 bits per heavy atom. The monoisotopic (exact) mass is 472 g/mol. The van der Waals surface area contributed by atoms with E-state index in [1.54, 1.807) is 0 Å². The Hall–Kier alpha value is -2.98. The lowest BCUT2D eigenvalue weighted by Gasteiger charge is -2.21. The van der Waals surface area contributed by atoms with Crippen molar-refractivity contribution in [3.05, 3.63) is 48.0 Å². The summed E-state index contributed by atoms with van der Waals surface area (Å²) in [7, 11) is 0. The van der Waals surface area contributed by atoms with Crippen LogP contribution in [-0.4, -0.2) is 41.7 Å². The Kier molecular flexibility index (Phi) is 7.33. The zero-order chi connectivity index (χ0) is 22.3. The van der Waals surface area contributed by atoms with Crippen LogP contribution in [0.25, 0.3) is 0 Å². The van der Waals surface area contributed by atoms with Crippen molar-refractivity contribution in [2.75, 3.05) is 30.9 Å². The molecule has 4 rings (SSSR count). The highest BCUT2D eigenvalue weighted by Gasteiger charge is 2.16. The van der Waals surface area contributed by atoms with Gasteiger partial charge in [0, 0.05) is 0 Å². The first-order chi connectivity index (χ1) is 15.6. The highest BCUT2D eigenvalue weighted by atomic mass is 32.2. The molecule has 0 saturated carbocycles.